The molecule has 0 saturated heterocycles. The molecule has 0 aliphatic rings. The van der Waals surface area contributed by atoms with Gasteiger partial charge in [0.25, 0.3) is 0 Å². The Labute approximate surface area is 99.9 Å². The topological polar surface area (TPSA) is 26.3 Å². The van der Waals surface area contributed by atoms with Gasteiger partial charge in [-0.15, -0.1) is 0 Å². The second kappa shape index (κ2) is 5.51. The minimum atomic E-state index is 0.0834. The van der Waals surface area contributed by atoms with Crippen LogP contribution in [0.5, 0.6) is 5.75 Å². The highest BCUT2D eigenvalue weighted by Crippen LogP contribution is 2.29. The summed E-state index contributed by atoms with van der Waals surface area (Å²) in [5.74, 6) is 0.693. The van der Waals surface area contributed by atoms with E-state index in [1.807, 2.05) is 12.1 Å². The summed E-state index contributed by atoms with van der Waals surface area (Å²) in [4.78, 5) is 11.6. The van der Waals surface area contributed by atoms with Crippen molar-refractivity contribution in [1.82, 2.24) is 0 Å². The van der Waals surface area contributed by atoms with Crippen LogP contribution in [0, 0.1) is 0 Å². The van der Waals surface area contributed by atoms with Crippen LogP contribution >= 0.6 is 31.9 Å². The smallest absolute Gasteiger partial charge is 0.167 e. The molecule has 0 heterocycles. The summed E-state index contributed by atoms with van der Waals surface area (Å²) in [7, 11) is 1.56. The molecular weight excluding hydrogens is 312 g/mol. The van der Waals surface area contributed by atoms with Gasteiger partial charge in [-0.3, -0.25) is 4.79 Å². The van der Waals surface area contributed by atoms with Crippen LogP contribution in [-0.2, 0) is 0 Å². The van der Waals surface area contributed by atoms with Crippen LogP contribution in [0.25, 0.3) is 0 Å². The lowest BCUT2D eigenvalue weighted by atomic mass is 10.1. The third-order valence-corrected chi connectivity index (χ3v) is 2.81. The largest absolute Gasteiger partial charge is 0.495 e. The molecule has 0 atom stereocenters. The Morgan fingerprint density at radius 1 is 1.50 bits per heavy atom. The van der Waals surface area contributed by atoms with Crippen molar-refractivity contribution in [2.75, 3.05) is 12.4 Å². The Balaban J connectivity index is 3.07. The number of alkyl halides is 1. The molecule has 14 heavy (non-hydrogen) atoms. The van der Waals surface area contributed by atoms with Crippen LogP contribution in [0.15, 0.2) is 22.7 Å². The zero-order valence-electron chi connectivity index (χ0n) is 7.72. The van der Waals surface area contributed by atoms with Gasteiger partial charge in [0.2, 0.25) is 0 Å². The summed E-state index contributed by atoms with van der Waals surface area (Å²) in [5, 5.41) is 0.668. The number of hydrogen-bond donors (Lipinski definition) is 0. The number of halogens is 2. The molecule has 1 aromatic carbocycles. The van der Waals surface area contributed by atoms with Crippen molar-refractivity contribution in [2.24, 2.45) is 0 Å². The molecule has 1 aromatic rings. The van der Waals surface area contributed by atoms with E-state index in [-0.39, 0.29) is 5.78 Å². The zero-order valence-corrected chi connectivity index (χ0v) is 10.9. The fraction of sp³-hybridized carbons (Fsp3) is 0.300. The molecule has 0 saturated carbocycles. The van der Waals surface area contributed by atoms with E-state index in [9.17, 15) is 4.79 Å². The van der Waals surface area contributed by atoms with Gasteiger partial charge in [-0.05, 0) is 28.1 Å². The normalized spacial score (nSPS) is 9.93. The molecule has 4 heteroatoms. The second-order valence-corrected chi connectivity index (χ2v) is 4.33. The summed E-state index contributed by atoms with van der Waals surface area (Å²) in [6.07, 6.45) is 0.479. The molecule has 0 aromatic heterocycles. The number of para-hydroxylation sites is 1. The van der Waals surface area contributed by atoms with Gasteiger partial charge >= 0.3 is 0 Å². The highest BCUT2D eigenvalue weighted by atomic mass is 79.9. The maximum Gasteiger partial charge on any atom is 0.167 e. The van der Waals surface area contributed by atoms with E-state index in [4.69, 9.17) is 4.74 Å². The minimum absolute atomic E-state index is 0.0834. The summed E-state index contributed by atoms with van der Waals surface area (Å²) in [6, 6.07) is 5.45. The highest BCUT2D eigenvalue weighted by molar-refractivity contribution is 9.10. The van der Waals surface area contributed by atoms with E-state index in [0.717, 1.165) is 4.47 Å². The van der Waals surface area contributed by atoms with Crippen LogP contribution in [0.4, 0.5) is 0 Å². The molecule has 1 rings (SSSR count). The molecule has 76 valence electrons. The van der Waals surface area contributed by atoms with E-state index in [1.54, 1.807) is 13.2 Å². The third-order valence-electron chi connectivity index (χ3n) is 1.79. The van der Waals surface area contributed by atoms with Crippen LogP contribution in [0.1, 0.15) is 16.8 Å². The standard InChI is InChI=1S/C10H10Br2O2/c1-14-10-7(9(13)5-6-11)3-2-4-8(10)12/h2-4H,5-6H2,1H3. The summed E-state index contributed by atoms with van der Waals surface area (Å²) in [5.41, 5.74) is 0.626. The van der Waals surface area contributed by atoms with Gasteiger partial charge in [-0.25, -0.2) is 0 Å². The number of carbonyl (C=O) groups excluding carboxylic acids is 1. The van der Waals surface area contributed by atoms with Crippen molar-refractivity contribution in [3.63, 3.8) is 0 Å². The van der Waals surface area contributed by atoms with Crippen molar-refractivity contribution in [2.45, 2.75) is 6.42 Å². The summed E-state index contributed by atoms with van der Waals surface area (Å²) < 4.78 is 5.97. The molecule has 0 unspecified atom stereocenters. The van der Waals surface area contributed by atoms with E-state index in [1.165, 1.54) is 0 Å². The van der Waals surface area contributed by atoms with Gasteiger partial charge < -0.3 is 4.74 Å². The molecule has 0 N–H and O–H groups in total. The Morgan fingerprint density at radius 2 is 2.21 bits per heavy atom. The van der Waals surface area contributed by atoms with Crippen molar-refractivity contribution in [3.8, 4) is 5.75 Å². The van der Waals surface area contributed by atoms with Gasteiger partial charge in [-0.1, -0.05) is 22.0 Å². The van der Waals surface area contributed by atoms with E-state index in [2.05, 4.69) is 31.9 Å². The monoisotopic (exact) mass is 320 g/mol. The summed E-state index contributed by atoms with van der Waals surface area (Å²) >= 11 is 6.58. The first kappa shape index (κ1) is 11.7. The number of benzene rings is 1. The first-order valence-electron chi connectivity index (χ1n) is 4.12. The Bertz CT molecular complexity index is 337. The fourth-order valence-corrected chi connectivity index (χ4v) is 2.04. The quantitative estimate of drug-likeness (QED) is 0.627. The van der Waals surface area contributed by atoms with Gasteiger partial charge in [0.1, 0.15) is 5.75 Å². The molecule has 2 nitrogen and oxygen atoms in total. The van der Waals surface area contributed by atoms with Crippen molar-refractivity contribution in [3.05, 3.63) is 28.2 Å². The second-order valence-electron chi connectivity index (χ2n) is 2.68. The Hall–Kier alpha value is -0.350. The van der Waals surface area contributed by atoms with Crippen LogP contribution < -0.4 is 4.74 Å². The average molecular weight is 322 g/mol. The van der Waals surface area contributed by atoms with Crippen LogP contribution in [-0.4, -0.2) is 18.2 Å². The molecule has 0 fully saturated rings. The molecule has 0 amide bonds. The number of hydrogen-bond acceptors (Lipinski definition) is 2. The van der Waals surface area contributed by atoms with Crippen molar-refractivity contribution >= 4 is 37.6 Å². The molecule has 0 radical (unpaired) electrons. The average Bonchev–Trinajstić information content (AvgIpc) is 2.17. The number of ether oxygens (including phenoxy) is 1. The predicted octanol–water partition coefficient (Wildman–Crippen LogP) is 3.43. The highest BCUT2D eigenvalue weighted by Gasteiger charge is 2.13. The molecule has 0 spiro atoms. The van der Waals surface area contributed by atoms with Gasteiger partial charge in [0, 0.05) is 11.8 Å². The molecule has 0 aliphatic carbocycles. The number of ketones is 1. The maximum atomic E-state index is 11.6. The first-order chi connectivity index (χ1) is 6.70. The van der Waals surface area contributed by atoms with Gasteiger partial charge in [0.15, 0.2) is 5.78 Å². The Kier molecular flexibility index (Phi) is 4.62. The zero-order chi connectivity index (χ0) is 10.6. The number of rotatable bonds is 4. The Morgan fingerprint density at radius 3 is 2.79 bits per heavy atom. The lowest BCUT2D eigenvalue weighted by molar-refractivity contribution is 0.0987. The molecule has 0 bridgehead atoms. The minimum Gasteiger partial charge on any atom is -0.495 e. The lowest BCUT2D eigenvalue weighted by Crippen LogP contribution is -2.02. The number of Topliss-reactive ketones (excluding diaryl/α,β-unsaturated/α-hetero) is 1. The van der Waals surface area contributed by atoms with Crippen LogP contribution in [0.3, 0.4) is 0 Å². The van der Waals surface area contributed by atoms with E-state index >= 15 is 0 Å². The van der Waals surface area contributed by atoms with Crippen LogP contribution in [0.2, 0.25) is 0 Å². The lowest BCUT2D eigenvalue weighted by Gasteiger charge is -2.08. The molecular formula is C10H10Br2O2. The fourth-order valence-electron chi connectivity index (χ4n) is 1.16. The summed E-state index contributed by atoms with van der Waals surface area (Å²) in [6.45, 7) is 0. The number of methoxy groups -OCH3 is 1. The molecule has 0 aliphatic heterocycles. The first-order valence-corrected chi connectivity index (χ1v) is 6.03. The van der Waals surface area contributed by atoms with E-state index in [0.29, 0.717) is 23.1 Å². The van der Waals surface area contributed by atoms with Crippen molar-refractivity contribution in [1.29, 1.82) is 0 Å². The van der Waals surface area contributed by atoms with Gasteiger partial charge in [-0.2, -0.15) is 0 Å². The number of carbonyl (C=O) groups is 1. The van der Waals surface area contributed by atoms with Gasteiger partial charge in [0.05, 0.1) is 17.1 Å². The predicted molar refractivity (Wildman–Crippen MR) is 63.4 cm³/mol. The SMILES string of the molecule is COc1c(Br)cccc1C(=O)CCBr. The maximum absolute atomic E-state index is 11.6. The third kappa shape index (κ3) is 2.58. The van der Waals surface area contributed by atoms with Crippen molar-refractivity contribution < 1.29 is 9.53 Å². The van der Waals surface area contributed by atoms with E-state index < -0.39 is 0 Å².